The SMILES string of the molecule is CC(C)CNCc1nc(Br)cs1. The van der Waals surface area contributed by atoms with E-state index in [0.717, 1.165) is 22.7 Å². The van der Waals surface area contributed by atoms with Gasteiger partial charge in [-0.05, 0) is 28.4 Å². The Morgan fingerprint density at radius 2 is 2.42 bits per heavy atom. The summed E-state index contributed by atoms with van der Waals surface area (Å²) in [5, 5.41) is 6.49. The summed E-state index contributed by atoms with van der Waals surface area (Å²) in [5.74, 6) is 0.702. The van der Waals surface area contributed by atoms with Gasteiger partial charge in [-0.1, -0.05) is 13.8 Å². The molecule has 0 aliphatic heterocycles. The molecule has 0 radical (unpaired) electrons. The molecule has 0 aliphatic rings. The molecule has 1 aromatic rings. The van der Waals surface area contributed by atoms with Gasteiger partial charge in [0, 0.05) is 11.9 Å². The van der Waals surface area contributed by atoms with Gasteiger partial charge >= 0.3 is 0 Å². The highest BCUT2D eigenvalue weighted by atomic mass is 79.9. The van der Waals surface area contributed by atoms with Crippen molar-refractivity contribution in [3.05, 3.63) is 15.0 Å². The van der Waals surface area contributed by atoms with Crippen LogP contribution in [0.3, 0.4) is 0 Å². The maximum absolute atomic E-state index is 4.28. The zero-order chi connectivity index (χ0) is 8.97. The fraction of sp³-hybridized carbons (Fsp3) is 0.625. The molecular formula is C8H13BrN2S. The molecule has 0 amide bonds. The van der Waals surface area contributed by atoms with E-state index in [2.05, 4.69) is 40.1 Å². The molecule has 0 bridgehead atoms. The van der Waals surface area contributed by atoms with Crippen molar-refractivity contribution in [1.82, 2.24) is 10.3 Å². The van der Waals surface area contributed by atoms with Crippen molar-refractivity contribution in [1.29, 1.82) is 0 Å². The summed E-state index contributed by atoms with van der Waals surface area (Å²) in [6.45, 7) is 6.33. The number of thiazole rings is 1. The molecule has 0 atom stereocenters. The number of aromatic nitrogens is 1. The van der Waals surface area contributed by atoms with Gasteiger partial charge in [0.15, 0.2) is 0 Å². The topological polar surface area (TPSA) is 24.9 Å². The molecule has 1 rings (SSSR count). The second-order valence-electron chi connectivity index (χ2n) is 3.09. The summed E-state index contributed by atoms with van der Waals surface area (Å²) in [6, 6.07) is 0. The fourth-order valence-electron chi connectivity index (χ4n) is 0.837. The van der Waals surface area contributed by atoms with Crippen molar-refractivity contribution in [2.75, 3.05) is 6.54 Å². The van der Waals surface area contributed by atoms with Crippen LogP contribution in [0.5, 0.6) is 0 Å². The molecule has 0 saturated carbocycles. The summed E-state index contributed by atoms with van der Waals surface area (Å²) >= 11 is 5.01. The van der Waals surface area contributed by atoms with E-state index in [0.29, 0.717) is 5.92 Å². The molecule has 12 heavy (non-hydrogen) atoms. The smallest absolute Gasteiger partial charge is 0.117 e. The Hall–Kier alpha value is 0.0700. The fourth-order valence-corrected chi connectivity index (χ4v) is 2.07. The molecule has 0 fully saturated rings. The monoisotopic (exact) mass is 248 g/mol. The van der Waals surface area contributed by atoms with Crippen LogP contribution in [0.25, 0.3) is 0 Å². The lowest BCUT2D eigenvalue weighted by Gasteiger charge is -2.04. The van der Waals surface area contributed by atoms with Gasteiger partial charge in [0.2, 0.25) is 0 Å². The second-order valence-corrected chi connectivity index (χ2v) is 4.84. The number of nitrogens with zero attached hydrogens (tertiary/aromatic N) is 1. The number of halogens is 1. The Bertz CT molecular complexity index is 235. The number of nitrogens with one attached hydrogen (secondary N) is 1. The van der Waals surface area contributed by atoms with Gasteiger partial charge in [-0.2, -0.15) is 0 Å². The maximum atomic E-state index is 4.28. The third kappa shape index (κ3) is 3.65. The van der Waals surface area contributed by atoms with Crippen molar-refractivity contribution in [3.63, 3.8) is 0 Å². The molecule has 0 aromatic carbocycles. The first-order valence-corrected chi connectivity index (χ1v) is 5.66. The standard InChI is InChI=1S/C8H13BrN2S/c1-6(2)3-10-4-8-11-7(9)5-12-8/h5-6,10H,3-4H2,1-2H3. The van der Waals surface area contributed by atoms with E-state index in [9.17, 15) is 0 Å². The Morgan fingerprint density at radius 3 is 2.92 bits per heavy atom. The van der Waals surface area contributed by atoms with Gasteiger partial charge in [0.1, 0.15) is 9.61 Å². The average Bonchev–Trinajstić information content (AvgIpc) is 2.35. The van der Waals surface area contributed by atoms with Gasteiger partial charge in [0.05, 0.1) is 0 Å². The second kappa shape index (κ2) is 4.94. The van der Waals surface area contributed by atoms with E-state index < -0.39 is 0 Å². The summed E-state index contributed by atoms with van der Waals surface area (Å²) in [5.41, 5.74) is 0. The molecule has 1 aromatic heterocycles. The van der Waals surface area contributed by atoms with Crippen molar-refractivity contribution >= 4 is 27.3 Å². The molecule has 0 unspecified atom stereocenters. The third-order valence-corrected chi connectivity index (χ3v) is 2.91. The molecule has 1 N–H and O–H groups in total. The van der Waals surface area contributed by atoms with E-state index in [1.54, 1.807) is 11.3 Å². The molecule has 0 spiro atoms. The summed E-state index contributed by atoms with van der Waals surface area (Å²) in [4.78, 5) is 4.28. The van der Waals surface area contributed by atoms with Crippen LogP contribution in [0.1, 0.15) is 18.9 Å². The first kappa shape index (κ1) is 10.2. The molecular weight excluding hydrogens is 236 g/mol. The van der Waals surface area contributed by atoms with Gasteiger partial charge in [-0.3, -0.25) is 0 Å². The predicted octanol–water partition coefficient (Wildman–Crippen LogP) is 2.65. The molecule has 0 saturated heterocycles. The highest BCUT2D eigenvalue weighted by molar-refractivity contribution is 9.10. The van der Waals surface area contributed by atoms with Gasteiger partial charge < -0.3 is 5.32 Å². The van der Waals surface area contributed by atoms with Crippen molar-refractivity contribution in [2.24, 2.45) is 5.92 Å². The lowest BCUT2D eigenvalue weighted by molar-refractivity contribution is 0.551. The molecule has 68 valence electrons. The minimum Gasteiger partial charge on any atom is -0.310 e. The predicted molar refractivity (Wildman–Crippen MR) is 56.4 cm³/mol. The van der Waals surface area contributed by atoms with Crippen LogP contribution in [0.2, 0.25) is 0 Å². The lowest BCUT2D eigenvalue weighted by atomic mass is 10.2. The van der Waals surface area contributed by atoms with Crippen LogP contribution in [0.15, 0.2) is 9.98 Å². The van der Waals surface area contributed by atoms with Crippen LogP contribution in [-0.2, 0) is 6.54 Å². The molecule has 2 nitrogen and oxygen atoms in total. The van der Waals surface area contributed by atoms with Crippen LogP contribution in [0, 0.1) is 5.92 Å². The first-order chi connectivity index (χ1) is 5.68. The summed E-state index contributed by atoms with van der Waals surface area (Å²) in [6.07, 6.45) is 0. The first-order valence-electron chi connectivity index (χ1n) is 3.99. The van der Waals surface area contributed by atoms with E-state index in [-0.39, 0.29) is 0 Å². The summed E-state index contributed by atoms with van der Waals surface area (Å²) < 4.78 is 0.939. The Kier molecular flexibility index (Phi) is 4.18. The maximum Gasteiger partial charge on any atom is 0.117 e. The largest absolute Gasteiger partial charge is 0.310 e. The van der Waals surface area contributed by atoms with Crippen LogP contribution in [0.4, 0.5) is 0 Å². The van der Waals surface area contributed by atoms with E-state index >= 15 is 0 Å². The normalized spacial score (nSPS) is 11.0. The van der Waals surface area contributed by atoms with Crippen LogP contribution in [-0.4, -0.2) is 11.5 Å². The van der Waals surface area contributed by atoms with E-state index in [4.69, 9.17) is 0 Å². The highest BCUT2D eigenvalue weighted by Gasteiger charge is 1.98. The zero-order valence-electron chi connectivity index (χ0n) is 7.30. The average molecular weight is 249 g/mol. The number of hydrogen-bond acceptors (Lipinski definition) is 3. The molecule has 1 heterocycles. The number of hydrogen-bond donors (Lipinski definition) is 1. The van der Waals surface area contributed by atoms with Gasteiger partial charge in [-0.25, -0.2) is 4.98 Å². The molecule has 4 heteroatoms. The van der Waals surface area contributed by atoms with Crippen LogP contribution >= 0.6 is 27.3 Å². The van der Waals surface area contributed by atoms with Gasteiger partial charge in [-0.15, -0.1) is 11.3 Å². The summed E-state index contributed by atoms with van der Waals surface area (Å²) in [7, 11) is 0. The quantitative estimate of drug-likeness (QED) is 0.887. The van der Waals surface area contributed by atoms with Crippen LogP contribution < -0.4 is 5.32 Å². The Balaban J connectivity index is 2.24. The van der Waals surface area contributed by atoms with E-state index in [1.807, 2.05) is 5.38 Å². The Morgan fingerprint density at radius 1 is 1.67 bits per heavy atom. The zero-order valence-corrected chi connectivity index (χ0v) is 9.70. The van der Waals surface area contributed by atoms with E-state index in [1.165, 1.54) is 0 Å². The molecule has 0 aliphatic carbocycles. The Labute approximate surface area is 85.5 Å². The number of rotatable bonds is 4. The lowest BCUT2D eigenvalue weighted by Crippen LogP contribution is -2.18. The minimum atomic E-state index is 0.702. The van der Waals surface area contributed by atoms with Gasteiger partial charge in [0.25, 0.3) is 0 Å². The highest BCUT2D eigenvalue weighted by Crippen LogP contribution is 2.14. The van der Waals surface area contributed by atoms with Crippen molar-refractivity contribution in [2.45, 2.75) is 20.4 Å². The van der Waals surface area contributed by atoms with Crippen molar-refractivity contribution in [3.8, 4) is 0 Å². The third-order valence-electron chi connectivity index (χ3n) is 1.35. The minimum absolute atomic E-state index is 0.702. The van der Waals surface area contributed by atoms with Crippen molar-refractivity contribution < 1.29 is 0 Å².